The summed E-state index contributed by atoms with van der Waals surface area (Å²) in [6.07, 6.45) is 5.54. The Hall–Kier alpha value is -2.70. The van der Waals surface area contributed by atoms with Crippen molar-refractivity contribution < 1.29 is 9.32 Å². The first-order chi connectivity index (χ1) is 14.2. The maximum absolute atomic E-state index is 12.4. The normalized spacial score (nSPS) is 17.2. The number of pyridine rings is 1. The lowest BCUT2D eigenvalue weighted by molar-refractivity contribution is 0.0913. The van der Waals surface area contributed by atoms with Crippen LogP contribution in [0, 0.1) is 0 Å². The first kappa shape index (κ1) is 19.6. The second kappa shape index (κ2) is 9.20. The Morgan fingerprint density at radius 1 is 1.17 bits per heavy atom. The van der Waals surface area contributed by atoms with Gasteiger partial charge in [-0.1, -0.05) is 28.9 Å². The molecule has 150 valence electrons. The number of halogens is 1. The number of likely N-dealkylation sites (tertiary alicyclic amines) is 1. The molecule has 0 spiro atoms. The molecule has 29 heavy (non-hydrogen) atoms. The molecular weight excluding hydrogens is 388 g/mol. The topological polar surface area (TPSA) is 71.3 Å². The van der Waals surface area contributed by atoms with Crippen LogP contribution in [-0.4, -0.2) is 34.0 Å². The zero-order valence-electron chi connectivity index (χ0n) is 16.1. The third kappa shape index (κ3) is 5.22. The number of hydrogen-bond donors (Lipinski definition) is 1. The Labute approximate surface area is 174 Å². The summed E-state index contributed by atoms with van der Waals surface area (Å²) in [6, 6.07) is 13.5. The van der Waals surface area contributed by atoms with E-state index in [1.807, 2.05) is 24.3 Å². The maximum Gasteiger partial charge on any atom is 0.290 e. The second-order valence-corrected chi connectivity index (χ2v) is 7.79. The van der Waals surface area contributed by atoms with Crippen LogP contribution < -0.4 is 5.32 Å². The van der Waals surface area contributed by atoms with E-state index in [0.717, 1.165) is 48.8 Å². The maximum atomic E-state index is 12.4. The zero-order valence-corrected chi connectivity index (χ0v) is 16.8. The molecule has 2 aromatic heterocycles. The largest absolute Gasteiger partial charge is 0.351 e. The van der Waals surface area contributed by atoms with Crippen LogP contribution in [0.5, 0.6) is 0 Å². The molecule has 0 bridgehead atoms. The lowest BCUT2D eigenvalue weighted by atomic mass is 9.94. The van der Waals surface area contributed by atoms with Crippen molar-refractivity contribution in [1.29, 1.82) is 0 Å². The first-order valence-electron chi connectivity index (χ1n) is 9.78. The number of benzene rings is 1. The Kier molecular flexibility index (Phi) is 6.22. The van der Waals surface area contributed by atoms with E-state index in [9.17, 15) is 4.79 Å². The predicted octanol–water partition coefficient (Wildman–Crippen LogP) is 4.03. The van der Waals surface area contributed by atoms with Crippen molar-refractivity contribution in [3.05, 3.63) is 82.5 Å². The van der Waals surface area contributed by atoms with Crippen molar-refractivity contribution in [2.75, 3.05) is 13.1 Å². The monoisotopic (exact) mass is 410 g/mol. The van der Waals surface area contributed by atoms with E-state index in [2.05, 4.69) is 32.5 Å². The fourth-order valence-electron chi connectivity index (χ4n) is 3.65. The van der Waals surface area contributed by atoms with E-state index in [0.29, 0.717) is 6.54 Å². The molecule has 1 N–H and O–H groups in total. The van der Waals surface area contributed by atoms with Crippen molar-refractivity contribution in [2.45, 2.75) is 31.8 Å². The lowest BCUT2D eigenvalue weighted by Gasteiger charge is -2.31. The van der Waals surface area contributed by atoms with Crippen LogP contribution in [0.25, 0.3) is 0 Å². The summed E-state index contributed by atoms with van der Waals surface area (Å²) in [4.78, 5) is 18.7. The smallest absolute Gasteiger partial charge is 0.290 e. The number of carbonyl (C=O) groups is 1. The predicted molar refractivity (Wildman–Crippen MR) is 111 cm³/mol. The molecule has 1 amide bonds. The minimum absolute atomic E-state index is 0.254. The third-order valence-electron chi connectivity index (χ3n) is 5.20. The van der Waals surface area contributed by atoms with Gasteiger partial charge in [0.1, 0.15) is 0 Å². The van der Waals surface area contributed by atoms with Gasteiger partial charge in [-0.2, -0.15) is 0 Å². The number of amides is 1. The van der Waals surface area contributed by atoms with Gasteiger partial charge in [0.2, 0.25) is 5.76 Å². The number of hydrogen-bond acceptors (Lipinski definition) is 5. The fourth-order valence-corrected chi connectivity index (χ4v) is 3.77. The van der Waals surface area contributed by atoms with Gasteiger partial charge in [-0.15, -0.1) is 0 Å². The minimum Gasteiger partial charge on any atom is -0.351 e. The van der Waals surface area contributed by atoms with Gasteiger partial charge in [-0.3, -0.25) is 14.7 Å². The second-order valence-electron chi connectivity index (χ2n) is 7.35. The fraction of sp³-hybridized carbons (Fsp3) is 0.318. The molecule has 3 aromatic rings. The van der Waals surface area contributed by atoms with Gasteiger partial charge in [-0.25, -0.2) is 0 Å². The Bertz CT molecular complexity index is 943. The van der Waals surface area contributed by atoms with Gasteiger partial charge >= 0.3 is 0 Å². The van der Waals surface area contributed by atoms with Crippen molar-refractivity contribution in [1.82, 2.24) is 20.4 Å². The highest BCUT2D eigenvalue weighted by atomic mass is 35.5. The molecule has 7 heteroatoms. The number of piperidine rings is 1. The van der Waals surface area contributed by atoms with Crippen molar-refractivity contribution >= 4 is 17.5 Å². The summed E-state index contributed by atoms with van der Waals surface area (Å²) in [6.45, 7) is 3.25. The third-order valence-corrected chi connectivity index (χ3v) is 5.45. The summed E-state index contributed by atoms with van der Waals surface area (Å²) in [5, 5.41) is 7.79. The summed E-state index contributed by atoms with van der Waals surface area (Å²) < 4.78 is 5.33. The van der Waals surface area contributed by atoms with Gasteiger partial charge < -0.3 is 9.84 Å². The molecule has 1 unspecified atom stereocenters. The standard InChI is InChI=1S/C22H23ClN4O2/c23-19-5-3-17(4-6-19)14-27-11-1-2-18(15-27)20-12-21(29-26-20)22(28)25-13-16-7-9-24-10-8-16/h3-10,12,18H,1-2,11,13-15H2,(H,25,28). The minimum atomic E-state index is -0.255. The molecule has 1 saturated heterocycles. The number of nitrogens with one attached hydrogen (secondary N) is 1. The molecule has 1 fully saturated rings. The number of aromatic nitrogens is 2. The van der Waals surface area contributed by atoms with Crippen LogP contribution in [0.15, 0.2) is 59.4 Å². The Balaban J connectivity index is 1.34. The van der Waals surface area contributed by atoms with E-state index in [1.165, 1.54) is 5.56 Å². The molecule has 4 rings (SSSR count). The van der Waals surface area contributed by atoms with E-state index >= 15 is 0 Å². The van der Waals surface area contributed by atoms with Gasteiger partial charge in [-0.05, 0) is 54.8 Å². The molecule has 3 heterocycles. The molecule has 0 aliphatic carbocycles. The molecular formula is C22H23ClN4O2. The van der Waals surface area contributed by atoms with E-state index in [1.54, 1.807) is 18.5 Å². The summed E-state index contributed by atoms with van der Waals surface area (Å²) >= 11 is 5.97. The van der Waals surface area contributed by atoms with Crippen LogP contribution in [0.2, 0.25) is 5.02 Å². The summed E-state index contributed by atoms with van der Waals surface area (Å²) in [7, 11) is 0. The van der Waals surface area contributed by atoms with Crippen molar-refractivity contribution in [2.24, 2.45) is 0 Å². The summed E-state index contributed by atoms with van der Waals surface area (Å²) in [5.41, 5.74) is 3.07. The zero-order chi connectivity index (χ0) is 20.1. The highest BCUT2D eigenvalue weighted by Gasteiger charge is 2.25. The molecule has 0 saturated carbocycles. The van der Waals surface area contributed by atoms with Crippen LogP contribution >= 0.6 is 11.6 Å². The van der Waals surface area contributed by atoms with Gasteiger partial charge in [0, 0.05) is 49.0 Å². The van der Waals surface area contributed by atoms with Gasteiger partial charge in [0.05, 0.1) is 5.69 Å². The first-order valence-corrected chi connectivity index (χ1v) is 10.2. The number of carbonyl (C=O) groups excluding carboxylic acids is 1. The van der Waals surface area contributed by atoms with Crippen LogP contribution in [-0.2, 0) is 13.1 Å². The summed E-state index contributed by atoms with van der Waals surface area (Å²) in [5.74, 6) is 0.264. The van der Waals surface area contributed by atoms with Crippen LogP contribution in [0.3, 0.4) is 0 Å². The van der Waals surface area contributed by atoms with Crippen molar-refractivity contribution in [3.63, 3.8) is 0 Å². The van der Waals surface area contributed by atoms with Crippen molar-refractivity contribution in [3.8, 4) is 0 Å². The van der Waals surface area contributed by atoms with Crippen LogP contribution in [0.4, 0.5) is 0 Å². The quantitative estimate of drug-likeness (QED) is 0.664. The Morgan fingerprint density at radius 2 is 1.97 bits per heavy atom. The average Bonchev–Trinajstić information content (AvgIpc) is 3.25. The van der Waals surface area contributed by atoms with E-state index < -0.39 is 0 Å². The highest BCUT2D eigenvalue weighted by molar-refractivity contribution is 6.30. The molecule has 1 atom stereocenters. The Morgan fingerprint density at radius 3 is 2.76 bits per heavy atom. The molecule has 1 aliphatic heterocycles. The van der Waals surface area contributed by atoms with E-state index in [-0.39, 0.29) is 17.6 Å². The number of rotatable bonds is 6. The molecule has 0 radical (unpaired) electrons. The van der Waals surface area contributed by atoms with E-state index in [4.69, 9.17) is 16.1 Å². The lowest BCUT2D eigenvalue weighted by Crippen LogP contribution is -2.34. The molecule has 1 aromatic carbocycles. The molecule has 1 aliphatic rings. The SMILES string of the molecule is O=C(NCc1ccncc1)c1cc(C2CCCN(Cc3ccc(Cl)cc3)C2)no1. The molecule has 6 nitrogen and oxygen atoms in total. The number of nitrogens with zero attached hydrogens (tertiary/aromatic N) is 3. The van der Waals surface area contributed by atoms with Gasteiger partial charge in [0.25, 0.3) is 5.91 Å². The van der Waals surface area contributed by atoms with Gasteiger partial charge in [0.15, 0.2) is 0 Å². The van der Waals surface area contributed by atoms with Crippen LogP contribution in [0.1, 0.15) is 46.1 Å². The highest BCUT2D eigenvalue weighted by Crippen LogP contribution is 2.27. The average molecular weight is 411 g/mol.